The zero-order valence-electron chi connectivity index (χ0n) is 16.2. The number of para-hydroxylation sites is 1. The molecule has 4 rings (SSSR count). The highest BCUT2D eigenvalue weighted by Crippen LogP contribution is 2.54. The van der Waals surface area contributed by atoms with Crippen molar-refractivity contribution in [3.8, 4) is 0 Å². The Morgan fingerprint density at radius 1 is 1.19 bits per heavy atom. The van der Waals surface area contributed by atoms with Crippen LogP contribution < -0.4 is 10.6 Å². The molecular formula is C20H25N3O4. The van der Waals surface area contributed by atoms with Gasteiger partial charge in [0.1, 0.15) is 5.54 Å². The molecule has 0 aliphatic carbocycles. The molecule has 3 amide bonds. The lowest BCUT2D eigenvalue weighted by atomic mass is 9.76. The van der Waals surface area contributed by atoms with Gasteiger partial charge in [-0.1, -0.05) is 18.2 Å². The molecule has 3 aliphatic heterocycles. The van der Waals surface area contributed by atoms with Gasteiger partial charge in [0.05, 0.1) is 17.9 Å². The van der Waals surface area contributed by atoms with Gasteiger partial charge < -0.3 is 10.4 Å². The number of imide groups is 1. The minimum absolute atomic E-state index is 0.332. The number of nitrogens with one attached hydrogen (secondary N) is 2. The molecule has 27 heavy (non-hydrogen) atoms. The quantitative estimate of drug-likeness (QED) is 0.637. The fraction of sp³-hybridized carbons (Fsp3) is 0.550. The molecule has 3 heterocycles. The number of nitrogens with zero attached hydrogens (tertiary/aromatic N) is 1. The van der Waals surface area contributed by atoms with Gasteiger partial charge in [0.2, 0.25) is 17.7 Å². The predicted molar refractivity (Wildman–Crippen MR) is 98.7 cm³/mol. The number of benzene rings is 1. The maximum Gasteiger partial charge on any atom is 0.250 e. The minimum atomic E-state index is -1.35. The molecule has 0 bridgehead atoms. The van der Waals surface area contributed by atoms with Crippen LogP contribution >= 0.6 is 0 Å². The Balaban J connectivity index is 1.95. The number of hydrogen-bond acceptors (Lipinski definition) is 5. The summed E-state index contributed by atoms with van der Waals surface area (Å²) in [7, 11) is 0. The molecular weight excluding hydrogens is 346 g/mol. The molecule has 0 radical (unpaired) electrons. The molecule has 1 aromatic carbocycles. The number of anilines is 1. The first kappa shape index (κ1) is 18.1. The van der Waals surface area contributed by atoms with E-state index in [0.29, 0.717) is 11.3 Å². The molecule has 0 saturated carbocycles. The fourth-order valence-electron chi connectivity index (χ4n) is 4.98. The van der Waals surface area contributed by atoms with E-state index >= 15 is 0 Å². The van der Waals surface area contributed by atoms with Crippen LogP contribution in [-0.4, -0.2) is 45.4 Å². The molecule has 7 heteroatoms. The van der Waals surface area contributed by atoms with Crippen molar-refractivity contribution in [3.63, 3.8) is 0 Å². The average molecular weight is 371 g/mol. The van der Waals surface area contributed by atoms with E-state index in [1.54, 1.807) is 27.7 Å². The predicted octanol–water partition coefficient (Wildman–Crippen LogP) is 0.895. The summed E-state index contributed by atoms with van der Waals surface area (Å²) in [5.41, 5.74) is 0.187. The summed E-state index contributed by atoms with van der Waals surface area (Å²) in [6, 6.07) is 4.85. The van der Waals surface area contributed by atoms with Gasteiger partial charge in [-0.2, -0.15) is 0 Å². The Kier molecular flexibility index (Phi) is 3.62. The van der Waals surface area contributed by atoms with E-state index in [4.69, 9.17) is 0 Å². The lowest BCUT2D eigenvalue weighted by molar-refractivity contribution is -0.148. The van der Waals surface area contributed by atoms with Crippen LogP contribution in [0.3, 0.4) is 0 Å². The Morgan fingerprint density at radius 3 is 2.44 bits per heavy atom. The van der Waals surface area contributed by atoms with E-state index in [2.05, 4.69) is 10.6 Å². The number of likely N-dealkylation sites (tertiary alicyclic amines) is 1. The van der Waals surface area contributed by atoms with E-state index in [1.165, 1.54) is 4.90 Å². The van der Waals surface area contributed by atoms with Crippen LogP contribution in [0.4, 0.5) is 5.69 Å². The van der Waals surface area contributed by atoms with Crippen LogP contribution in [0.15, 0.2) is 18.2 Å². The average Bonchev–Trinajstić information content (AvgIpc) is 3.13. The van der Waals surface area contributed by atoms with Crippen molar-refractivity contribution in [2.45, 2.75) is 57.8 Å². The van der Waals surface area contributed by atoms with Crippen LogP contribution in [0.1, 0.15) is 38.8 Å². The minimum Gasteiger partial charge on any atom is -0.392 e. The van der Waals surface area contributed by atoms with Crippen molar-refractivity contribution >= 4 is 23.4 Å². The number of aliphatic hydroxyl groups is 1. The maximum atomic E-state index is 13.4. The number of amides is 3. The van der Waals surface area contributed by atoms with E-state index in [0.717, 1.165) is 5.56 Å². The number of hydrogen-bond donors (Lipinski definition) is 3. The first-order chi connectivity index (χ1) is 12.5. The van der Waals surface area contributed by atoms with Crippen molar-refractivity contribution in [2.75, 3.05) is 5.32 Å². The Hall–Kier alpha value is -2.25. The molecule has 0 aromatic heterocycles. The summed E-state index contributed by atoms with van der Waals surface area (Å²) in [5, 5.41) is 16.4. The van der Waals surface area contributed by atoms with Crippen molar-refractivity contribution < 1.29 is 19.5 Å². The van der Waals surface area contributed by atoms with Crippen molar-refractivity contribution in [1.29, 1.82) is 0 Å². The molecule has 2 fully saturated rings. The highest BCUT2D eigenvalue weighted by Gasteiger charge is 2.72. The fourth-order valence-corrected chi connectivity index (χ4v) is 4.98. The number of fused-ring (bicyclic) bond motifs is 4. The second kappa shape index (κ2) is 5.39. The number of carbonyl (C=O) groups excluding carboxylic acids is 3. The Morgan fingerprint density at radius 2 is 1.85 bits per heavy atom. The number of aliphatic hydroxyl groups excluding tert-OH is 1. The lowest BCUT2D eigenvalue weighted by Crippen LogP contribution is -2.57. The lowest BCUT2D eigenvalue weighted by Gasteiger charge is -2.35. The monoisotopic (exact) mass is 371 g/mol. The van der Waals surface area contributed by atoms with Gasteiger partial charge in [0.15, 0.2) is 0 Å². The Bertz CT molecular complexity index is 872. The zero-order valence-corrected chi connectivity index (χ0v) is 16.2. The SMILES string of the molecule is Cc1cccc2c1NC(=O)C21NC(C(C)O)C2C(=O)N(C(C)(C)C)C(=O)C21. The smallest absolute Gasteiger partial charge is 0.250 e. The van der Waals surface area contributed by atoms with Crippen LogP contribution in [0.25, 0.3) is 0 Å². The van der Waals surface area contributed by atoms with Gasteiger partial charge in [-0.25, -0.2) is 0 Å². The van der Waals surface area contributed by atoms with Gasteiger partial charge in [-0.05, 0) is 40.2 Å². The second-order valence-electron chi connectivity index (χ2n) is 8.86. The third-order valence-corrected chi connectivity index (χ3v) is 6.08. The molecule has 3 N–H and O–H groups in total. The molecule has 5 atom stereocenters. The maximum absolute atomic E-state index is 13.4. The number of rotatable bonds is 1. The van der Waals surface area contributed by atoms with Crippen molar-refractivity contribution in [3.05, 3.63) is 29.3 Å². The molecule has 5 unspecified atom stereocenters. The summed E-state index contributed by atoms with van der Waals surface area (Å²) < 4.78 is 0. The number of aryl methyl sites for hydroxylation is 1. The van der Waals surface area contributed by atoms with E-state index < -0.39 is 35.1 Å². The van der Waals surface area contributed by atoms with Gasteiger partial charge in [0.25, 0.3) is 0 Å². The highest BCUT2D eigenvalue weighted by atomic mass is 16.3. The molecule has 2 saturated heterocycles. The topological polar surface area (TPSA) is 98.7 Å². The third kappa shape index (κ3) is 2.12. The molecule has 144 valence electrons. The van der Waals surface area contributed by atoms with Crippen molar-refractivity contribution in [2.24, 2.45) is 11.8 Å². The molecule has 1 aromatic rings. The summed E-state index contributed by atoms with van der Waals surface area (Å²) in [4.78, 5) is 41.1. The third-order valence-electron chi connectivity index (χ3n) is 6.08. The zero-order chi connectivity index (χ0) is 19.9. The van der Waals surface area contributed by atoms with Gasteiger partial charge in [-0.15, -0.1) is 0 Å². The van der Waals surface area contributed by atoms with Crippen LogP contribution in [0, 0.1) is 18.8 Å². The molecule has 3 aliphatic rings. The summed E-state index contributed by atoms with van der Waals surface area (Å²) in [5.74, 6) is -2.71. The van der Waals surface area contributed by atoms with Crippen LogP contribution in [-0.2, 0) is 19.9 Å². The van der Waals surface area contributed by atoms with Gasteiger partial charge in [-0.3, -0.25) is 24.6 Å². The largest absolute Gasteiger partial charge is 0.392 e. The second-order valence-corrected chi connectivity index (χ2v) is 8.86. The van der Waals surface area contributed by atoms with E-state index in [1.807, 2.05) is 25.1 Å². The van der Waals surface area contributed by atoms with Gasteiger partial charge in [0, 0.05) is 22.8 Å². The first-order valence-electron chi connectivity index (χ1n) is 9.27. The summed E-state index contributed by atoms with van der Waals surface area (Å²) >= 11 is 0. The molecule has 1 spiro atoms. The van der Waals surface area contributed by atoms with Gasteiger partial charge >= 0.3 is 0 Å². The summed E-state index contributed by atoms with van der Waals surface area (Å²) in [6.07, 6.45) is -0.893. The van der Waals surface area contributed by atoms with E-state index in [9.17, 15) is 19.5 Å². The van der Waals surface area contributed by atoms with Crippen molar-refractivity contribution in [1.82, 2.24) is 10.2 Å². The van der Waals surface area contributed by atoms with E-state index in [-0.39, 0.29) is 17.7 Å². The summed E-state index contributed by atoms with van der Waals surface area (Å²) in [6.45, 7) is 8.87. The van der Waals surface area contributed by atoms with Crippen LogP contribution in [0.5, 0.6) is 0 Å². The standard InChI is InChI=1S/C20H25N3O4/c1-9-7-6-8-11-14(9)21-18(27)20(11)13-12(15(22-20)10(2)24)16(25)23(17(13)26)19(3,4)5/h6-8,10,12-13,15,22,24H,1-5H3,(H,21,27). The first-order valence-corrected chi connectivity index (χ1v) is 9.27. The number of carbonyl (C=O) groups is 3. The normalized spacial score (nSPS) is 33.5. The van der Waals surface area contributed by atoms with Crippen LogP contribution in [0.2, 0.25) is 0 Å². The highest BCUT2D eigenvalue weighted by molar-refractivity contribution is 6.15. The molecule has 7 nitrogen and oxygen atoms in total. The Labute approximate surface area is 158 Å².